The molecule has 1 unspecified atom stereocenters. The molecule has 0 spiro atoms. The van der Waals surface area contributed by atoms with Crippen LogP contribution >= 0.6 is 0 Å². The van der Waals surface area contributed by atoms with Gasteiger partial charge < -0.3 is 11.1 Å². The summed E-state index contributed by atoms with van der Waals surface area (Å²) in [4.78, 5) is 7.87. The fourth-order valence-electron chi connectivity index (χ4n) is 1.21. The molecule has 1 aromatic rings. The topological polar surface area (TPSA) is 63.8 Å². The van der Waals surface area contributed by atoms with Gasteiger partial charge in [0, 0.05) is 12.2 Å². The fraction of sp³-hybridized carbons (Fsp3) is 0.556. The zero-order chi connectivity index (χ0) is 9.68. The summed E-state index contributed by atoms with van der Waals surface area (Å²) in [6.45, 7) is 4.29. The highest BCUT2D eigenvalue weighted by Gasteiger charge is 2.01. The minimum absolute atomic E-state index is 0.314. The molecule has 0 aromatic carbocycles. The summed E-state index contributed by atoms with van der Waals surface area (Å²) in [5.41, 5.74) is 5.45. The van der Waals surface area contributed by atoms with Crippen LogP contribution in [0.2, 0.25) is 0 Å². The Morgan fingerprint density at radius 3 is 3.00 bits per heavy atom. The number of hydrogen-bond acceptors (Lipinski definition) is 4. The van der Waals surface area contributed by atoms with Crippen molar-refractivity contribution in [3.05, 3.63) is 12.3 Å². The van der Waals surface area contributed by atoms with E-state index in [-0.39, 0.29) is 0 Å². The van der Waals surface area contributed by atoms with Gasteiger partial charge in [0.25, 0.3) is 0 Å². The van der Waals surface area contributed by atoms with E-state index in [1.54, 1.807) is 6.20 Å². The molecule has 0 bridgehead atoms. The number of nitrogens with zero attached hydrogens (tertiary/aromatic N) is 2. The van der Waals surface area contributed by atoms with Gasteiger partial charge in [0.1, 0.15) is 5.82 Å². The molecule has 4 heteroatoms. The second-order valence-electron chi connectivity index (χ2n) is 3.13. The summed E-state index contributed by atoms with van der Waals surface area (Å²) in [7, 11) is 0. The monoisotopic (exact) mass is 180 g/mol. The van der Waals surface area contributed by atoms with Crippen molar-refractivity contribution >= 4 is 11.8 Å². The predicted octanol–water partition coefficient (Wildman–Crippen LogP) is 1.66. The Morgan fingerprint density at radius 2 is 2.38 bits per heavy atom. The first kappa shape index (κ1) is 9.77. The molecule has 0 aliphatic heterocycles. The molecular formula is C9H16N4. The van der Waals surface area contributed by atoms with Crippen molar-refractivity contribution in [2.75, 3.05) is 11.1 Å². The lowest BCUT2D eigenvalue weighted by Crippen LogP contribution is -2.15. The molecule has 1 heterocycles. The Morgan fingerprint density at radius 1 is 1.62 bits per heavy atom. The highest BCUT2D eigenvalue weighted by Crippen LogP contribution is 2.07. The van der Waals surface area contributed by atoms with Crippen LogP contribution in [0.15, 0.2) is 12.3 Å². The van der Waals surface area contributed by atoms with Crippen molar-refractivity contribution in [2.24, 2.45) is 0 Å². The van der Waals surface area contributed by atoms with Crippen molar-refractivity contribution in [1.29, 1.82) is 0 Å². The molecule has 0 radical (unpaired) electrons. The van der Waals surface area contributed by atoms with Gasteiger partial charge in [0.2, 0.25) is 5.95 Å². The fourth-order valence-corrected chi connectivity index (χ4v) is 1.21. The molecule has 0 aliphatic rings. The standard InChI is InChI=1S/C9H16N4/c1-3-4-7(2)12-8-5-6-11-9(10)13-8/h5-7H,3-4H2,1-2H3,(H3,10,11,12,13). The minimum atomic E-state index is 0.314. The molecule has 1 rings (SSSR count). The van der Waals surface area contributed by atoms with Gasteiger partial charge in [-0.15, -0.1) is 0 Å². The quantitative estimate of drug-likeness (QED) is 0.739. The van der Waals surface area contributed by atoms with E-state index >= 15 is 0 Å². The minimum Gasteiger partial charge on any atom is -0.368 e. The third-order valence-corrected chi connectivity index (χ3v) is 1.79. The zero-order valence-corrected chi connectivity index (χ0v) is 8.12. The molecule has 0 aliphatic carbocycles. The van der Waals surface area contributed by atoms with Gasteiger partial charge in [-0.25, -0.2) is 4.98 Å². The maximum atomic E-state index is 5.45. The normalized spacial score (nSPS) is 12.5. The number of aromatic nitrogens is 2. The molecule has 4 nitrogen and oxygen atoms in total. The van der Waals surface area contributed by atoms with Gasteiger partial charge in [0.15, 0.2) is 0 Å². The van der Waals surface area contributed by atoms with E-state index in [0.717, 1.165) is 18.7 Å². The molecule has 72 valence electrons. The van der Waals surface area contributed by atoms with E-state index in [9.17, 15) is 0 Å². The number of anilines is 2. The predicted molar refractivity (Wildman–Crippen MR) is 54.4 cm³/mol. The van der Waals surface area contributed by atoms with Crippen LogP contribution in [0.4, 0.5) is 11.8 Å². The SMILES string of the molecule is CCCC(C)Nc1ccnc(N)n1. The number of nitrogen functional groups attached to an aromatic ring is 1. The van der Waals surface area contributed by atoms with Gasteiger partial charge in [-0.3, -0.25) is 0 Å². The smallest absolute Gasteiger partial charge is 0.221 e. The van der Waals surface area contributed by atoms with E-state index in [1.165, 1.54) is 0 Å². The number of nitrogens with two attached hydrogens (primary N) is 1. The van der Waals surface area contributed by atoms with Crippen LogP contribution in [0.5, 0.6) is 0 Å². The van der Waals surface area contributed by atoms with Crippen molar-refractivity contribution in [3.8, 4) is 0 Å². The molecular weight excluding hydrogens is 164 g/mol. The van der Waals surface area contributed by atoms with Crippen LogP contribution in [-0.4, -0.2) is 16.0 Å². The van der Waals surface area contributed by atoms with Crippen molar-refractivity contribution in [2.45, 2.75) is 32.7 Å². The first-order valence-electron chi connectivity index (χ1n) is 4.57. The van der Waals surface area contributed by atoms with Gasteiger partial charge in [-0.05, 0) is 19.4 Å². The highest BCUT2D eigenvalue weighted by atomic mass is 15.1. The molecule has 13 heavy (non-hydrogen) atoms. The molecule has 3 N–H and O–H groups in total. The highest BCUT2D eigenvalue weighted by molar-refractivity contribution is 5.37. The van der Waals surface area contributed by atoms with Gasteiger partial charge in [0.05, 0.1) is 0 Å². The maximum Gasteiger partial charge on any atom is 0.221 e. The summed E-state index contributed by atoms with van der Waals surface area (Å²) < 4.78 is 0. The zero-order valence-electron chi connectivity index (χ0n) is 8.12. The molecule has 1 atom stereocenters. The number of nitrogens with one attached hydrogen (secondary N) is 1. The van der Waals surface area contributed by atoms with Gasteiger partial charge >= 0.3 is 0 Å². The molecule has 0 fully saturated rings. The van der Waals surface area contributed by atoms with E-state index in [0.29, 0.717) is 12.0 Å². The summed E-state index contributed by atoms with van der Waals surface area (Å²) in [6, 6.07) is 2.25. The molecule has 0 saturated carbocycles. The number of rotatable bonds is 4. The van der Waals surface area contributed by atoms with E-state index < -0.39 is 0 Å². The summed E-state index contributed by atoms with van der Waals surface area (Å²) in [5, 5.41) is 3.25. The van der Waals surface area contributed by atoms with Crippen LogP contribution < -0.4 is 11.1 Å². The average Bonchev–Trinajstić information content (AvgIpc) is 2.04. The maximum absolute atomic E-state index is 5.45. The Kier molecular flexibility index (Phi) is 3.49. The van der Waals surface area contributed by atoms with Crippen LogP contribution in [-0.2, 0) is 0 Å². The molecule has 0 amide bonds. The van der Waals surface area contributed by atoms with Gasteiger partial charge in [-0.1, -0.05) is 13.3 Å². The Hall–Kier alpha value is -1.32. The first-order chi connectivity index (χ1) is 6.22. The third kappa shape index (κ3) is 3.27. The molecule has 0 saturated heterocycles. The second kappa shape index (κ2) is 4.64. The van der Waals surface area contributed by atoms with Crippen LogP contribution in [0.25, 0.3) is 0 Å². The van der Waals surface area contributed by atoms with E-state index in [1.807, 2.05) is 6.07 Å². The summed E-state index contributed by atoms with van der Waals surface area (Å²) in [5.74, 6) is 1.11. The summed E-state index contributed by atoms with van der Waals surface area (Å²) in [6.07, 6.45) is 3.95. The van der Waals surface area contributed by atoms with Crippen molar-refractivity contribution in [1.82, 2.24) is 9.97 Å². The lowest BCUT2D eigenvalue weighted by molar-refractivity contribution is 0.687. The largest absolute Gasteiger partial charge is 0.368 e. The Balaban J connectivity index is 2.53. The van der Waals surface area contributed by atoms with E-state index in [4.69, 9.17) is 5.73 Å². The average molecular weight is 180 g/mol. The molecule has 1 aromatic heterocycles. The number of hydrogen-bond donors (Lipinski definition) is 2. The van der Waals surface area contributed by atoms with Crippen molar-refractivity contribution in [3.63, 3.8) is 0 Å². The lowest BCUT2D eigenvalue weighted by atomic mass is 10.2. The van der Waals surface area contributed by atoms with Gasteiger partial charge in [-0.2, -0.15) is 4.98 Å². The Labute approximate surface area is 78.6 Å². The lowest BCUT2D eigenvalue weighted by Gasteiger charge is -2.12. The van der Waals surface area contributed by atoms with E-state index in [2.05, 4.69) is 29.1 Å². The van der Waals surface area contributed by atoms with Crippen LogP contribution in [0.3, 0.4) is 0 Å². The first-order valence-corrected chi connectivity index (χ1v) is 4.57. The third-order valence-electron chi connectivity index (χ3n) is 1.79. The Bertz CT molecular complexity index is 262. The second-order valence-corrected chi connectivity index (χ2v) is 3.13. The van der Waals surface area contributed by atoms with Crippen molar-refractivity contribution < 1.29 is 0 Å². The van der Waals surface area contributed by atoms with Crippen LogP contribution in [0.1, 0.15) is 26.7 Å². The summed E-state index contributed by atoms with van der Waals surface area (Å²) >= 11 is 0. The van der Waals surface area contributed by atoms with Crippen LogP contribution in [0, 0.1) is 0 Å².